The average molecular weight is 1070 g/mol. The molecule has 7 aromatic carbocycles. The Balaban J connectivity index is 1.16. The summed E-state index contributed by atoms with van der Waals surface area (Å²) in [6.45, 7) is 2.99. The normalized spacial score (nSPS) is 21.4. The Bertz CT molecular complexity index is 3480. The number of ether oxygens (including phenoxy) is 4. The fourth-order valence-corrected chi connectivity index (χ4v) is 12.5. The SMILES string of the molecule is COc1cc2c(cc1OC)CN(C(=O)[C@H]1[C@@H]3C(=O)O[C@@H](c4ccccc4)[C@@H](c4ccccc4)N3[C@@H](c3cccc(OCCO)c3)[C@]13C(=O)N(C(=O)N[C@H](C)c1ccccc1)c1ccc(C#CCN(C)Cc4ccccc4)cc13)CC2. The van der Waals surface area contributed by atoms with Crippen LogP contribution in [-0.2, 0) is 44.0 Å². The van der Waals surface area contributed by atoms with Gasteiger partial charge in [-0.05, 0) is 107 Å². The lowest BCUT2D eigenvalue weighted by Crippen LogP contribution is -2.57. The second kappa shape index (κ2) is 22.9. The number of imide groups is 1. The third kappa shape index (κ3) is 9.82. The molecule has 2 fully saturated rings. The number of hydrogen-bond donors (Lipinski definition) is 2. The zero-order chi connectivity index (χ0) is 55.5. The standard InChI is InChI=1S/C66H63N5O9/c1-43(46-22-11-6-12-23-46)67-65(76)70-54-31-30-44(21-18-33-68(2)41-45-19-9-5-10-20-45)37-53(54)66(64(70)75)57(62(73)69-34-32-49-39-55(77-3)56(78-4)40-51(49)42-69)59-63(74)80-60(48-26-15-8-16-27-48)58(47-24-13-7-14-25-47)71(59)61(66)50-28-17-29-52(38-50)79-36-35-72/h5-17,19-20,22-31,37-40,43,57-61,72H,32-36,41-42H2,1-4H3,(H,67,76)/t43-,57-,58-,59-,60+,61+,66-/m1/s1. The van der Waals surface area contributed by atoms with Crippen LogP contribution in [0.4, 0.5) is 10.5 Å². The van der Waals surface area contributed by atoms with Crippen LogP contribution in [0.15, 0.2) is 176 Å². The van der Waals surface area contributed by atoms with Crippen molar-refractivity contribution in [2.45, 2.75) is 62.1 Å². The molecular weight excluding hydrogens is 1010 g/mol. The molecule has 2 N–H and O–H groups in total. The van der Waals surface area contributed by atoms with E-state index in [0.717, 1.165) is 32.7 Å². The quantitative estimate of drug-likeness (QED) is 0.0793. The summed E-state index contributed by atoms with van der Waals surface area (Å²) in [5, 5.41) is 13.1. The Morgan fingerprint density at radius 1 is 0.775 bits per heavy atom. The highest BCUT2D eigenvalue weighted by Gasteiger charge is 2.76. The van der Waals surface area contributed by atoms with E-state index in [1.165, 1.54) is 0 Å². The van der Waals surface area contributed by atoms with Gasteiger partial charge in [-0.2, -0.15) is 0 Å². The van der Waals surface area contributed by atoms with E-state index in [0.29, 0.717) is 59.0 Å². The molecule has 7 aromatic rings. The van der Waals surface area contributed by atoms with E-state index in [9.17, 15) is 5.11 Å². The largest absolute Gasteiger partial charge is 0.493 e. The Hall–Kier alpha value is -8.74. The van der Waals surface area contributed by atoms with Gasteiger partial charge in [0.05, 0.1) is 57.1 Å². The van der Waals surface area contributed by atoms with Gasteiger partial charge >= 0.3 is 12.0 Å². The van der Waals surface area contributed by atoms with Crippen LogP contribution in [0.25, 0.3) is 0 Å². The van der Waals surface area contributed by atoms with Gasteiger partial charge in [0.1, 0.15) is 29.9 Å². The molecule has 0 aliphatic carbocycles. The molecule has 1 spiro atoms. The van der Waals surface area contributed by atoms with Crippen LogP contribution < -0.4 is 24.4 Å². The molecule has 4 amide bonds. The number of cyclic esters (lactones) is 1. The number of benzene rings is 7. The molecule has 11 rings (SSSR count). The number of rotatable bonds is 14. The number of urea groups is 1. The maximum absolute atomic E-state index is 17.1. The maximum Gasteiger partial charge on any atom is 0.329 e. The van der Waals surface area contributed by atoms with Crippen molar-refractivity contribution >= 4 is 29.5 Å². The number of hydrogen-bond acceptors (Lipinski definition) is 11. The summed E-state index contributed by atoms with van der Waals surface area (Å²) >= 11 is 0. The molecule has 2 saturated heterocycles. The van der Waals surface area contributed by atoms with Crippen molar-refractivity contribution in [3.63, 3.8) is 0 Å². The van der Waals surface area contributed by atoms with E-state index in [2.05, 4.69) is 34.2 Å². The third-order valence-electron chi connectivity index (χ3n) is 16.0. The number of carbonyl (C=O) groups excluding carboxylic acids is 4. The Labute approximate surface area is 466 Å². The molecule has 80 heavy (non-hydrogen) atoms. The number of nitrogens with one attached hydrogen (secondary N) is 1. The second-order valence-electron chi connectivity index (χ2n) is 20.8. The molecule has 0 unspecified atom stereocenters. The highest BCUT2D eigenvalue weighted by Crippen LogP contribution is 2.66. The number of aliphatic hydroxyl groups excluding tert-OH is 1. The van der Waals surface area contributed by atoms with Crippen molar-refractivity contribution in [2.24, 2.45) is 5.92 Å². The molecule has 4 aliphatic heterocycles. The van der Waals surface area contributed by atoms with Gasteiger partial charge in [0.15, 0.2) is 11.5 Å². The van der Waals surface area contributed by atoms with Crippen LogP contribution in [0.3, 0.4) is 0 Å². The Morgan fingerprint density at radius 2 is 1.43 bits per heavy atom. The minimum absolute atomic E-state index is 0.0211. The van der Waals surface area contributed by atoms with Crippen LogP contribution in [0, 0.1) is 17.8 Å². The molecule has 4 aliphatic rings. The fourth-order valence-electron chi connectivity index (χ4n) is 12.5. The summed E-state index contributed by atoms with van der Waals surface area (Å²) in [5.74, 6) is 4.80. The van der Waals surface area contributed by atoms with Crippen molar-refractivity contribution < 1.29 is 43.2 Å². The first-order valence-electron chi connectivity index (χ1n) is 27.0. The van der Waals surface area contributed by atoms with Crippen LogP contribution in [0.1, 0.15) is 81.2 Å². The smallest absolute Gasteiger partial charge is 0.329 e. The van der Waals surface area contributed by atoms with Gasteiger partial charge < -0.3 is 34.3 Å². The topological polar surface area (TPSA) is 150 Å². The summed E-state index contributed by atoms with van der Waals surface area (Å²) in [7, 11) is 5.14. The number of morpholine rings is 1. The summed E-state index contributed by atoms with van der Waals surface area (Å²) < 4.78 is 24.3. The predicted octanol–water partition coefficient (Wildman–Crippen LogP) is 9.28. The zero-order valence-electron chi connectivity index (χ0n) is 45.2. The van der Waals surface area contributed by atoms with Crippen molar-refractivity contribution in [3.05, 3.63) is 226 Å². The molecule has 0 saturated carbocycles. The highest BCUT2D eigenvalue weighted by molar-refractivity contribution is 6.24. The van der Waals surface area contributed by atoms with Crippen molar-refractivity contribution in [2.75, 3.05) is 52.5 Å². The molecule has 14 heteroatoms. The van der Waals surface area contributed by atoms with Crippen LogP contribution in [-0.4, -0.2) is 97.2 Å². The molecule has 4 heterocycles. The number of aliphatic hydroxyl groups is 1. The summed E-state index contributed by atoms with van der Waals surface area (Å²) in [5.41, 5.74) is 4.84. The van der Waals surface area contributed by atoms with Crippen molar-refractivity contribution in [1.82, 2.24) is 20.0 Å². The molecule has 7 atom stereocenters. The minimum Gasteiger partial charge on any atom is -0.493 e. The van der Waals surface area contributed by atoms with Gasteiger partial charge in [0.25, 0.3) is 0 Å². The van der Waals surface area contributed by atoms with Gasteiger partial charge in [0, 0.05) is 25.2 Å². The Kier molecular flexibility index (Phi) is 15.3. The molecule has 406 valence electrons. The van der Waals surface area contributed by atoms with E-state index in [4.69, 9.17) is 18.9 Å². The summed E-state index contributed by atoms with van der Waals surface area (Å²) in [6.07, 6.45) is -0.494. The van der Waals surface area contributed by atoms with E-state index in [-0.39, 0.29) is 32.0 Å². The fraction of sp³-hybridized carbons (Fsp3) is 0.273. The van der Waals surface area contributed by atoms with E-state index >= 15 is 19.2 Å². The first-order valence-corrected chi connectivity index (χ1v) is 27.0. The van der Waals surface area contributed by atoms with Crippen LogP contribution in [0.5, 0.6) is 17.2 Å². The van der Waals surface area contributed by atoms with Crippen molar-refractivity contribution in [3.8, 4) is 29.1 Å². The first-order chi connectivity index (χ1) is 39.0. The van der Waals surface area contributed by atoms with E-state index < -0.39 is 65.4 Å². The zero-order valence-corrected chi connectivity index (χ0v) is 45.2. The van der Waals surface area contributed by atoms with Gasteiger partial charge in [-0.25, -0.2) is 9.69 Å². The van der Waals surface area contributed by atoms with Gasteiger partial charge in [-0.1, -0.05) is 145 Å². The molecule has 0 aromatic heterocycles. The van der Waals surface area contributed by atoms with E-state index in [1.54, 1.807) is 43.4 Å². The first kappa shape index (κ1) is 53.3. The highest BCUT2D eigenvalue weighted by atomic mass is 16.6. The second-order valence-corrected chi connectivity index (χ2v) is 20.8. The average Bonchev–Trinajstić information content (AvgIpc) is 4.18. The van der Waals surface area contributed by atoms with Crippen LogP contribution >= 0.6 is 0 Å². The van der Waals surface area contributed by atoms with Gasteiger partial charge in [-0.15, -0.1) is 0 Å². The molecule has 14 nitrogen and oxygen atoms in total. The lowest BCUT2D eigenvalue weighted by molar-refractivity contribution is -0.179. The number of amides is 4. The summed E-state index contributed by atoms with van der Waals surface area (Å²) in [4.78, 5) is 72.3. The Morgan fingerprint density at radius 3 is 2.11 bits per heavy atom. The number of esters is 1. The molecule has 0 radical (unpaired) electrons. The van der Waals surface area contributed by atoms with Gasteiger partial charge in [0.2, 0.25) is 11.8 Å². The number of methoxy groups -OCH3 is 2. The number of carbonyl (C=O) groups is 4. The van der Waals surface area contributed by atoms with E-state index in [1.807, 2.05) is 158 Å². The number of nitrogens with zero attached hydrogens (tertiary/aromatic N) is 4. The lowest BCUT2D eigenvalue weighted by Gasteiger charge is -2.46. The minimum atomic E-state index is -2.04. The molecular formula is C66H63N5O9. The molecule has 0 bridgehead atoms. The summed E-state index contributed by atoms with van der Waals surface area (Å²) in [6, 6.07) is 50.5. The van der Waals surface area contributed by atoms with Crippen molar-refractivity contribution in [1.29, 1.82) is 0 Å². The number of fused-ring (bicyclic) bond motifs is 4. The third-order valence-corrected chi connectivity index (χ3v) is 16.0. The predicted molar refractivity (Wildman–Crippen MR) is 303 cm³/mol. The lowest BCUT2D eigenvalue weighted by atomic mass is 9.64. The maximum atomic E-state index is 17.1. The monoisotopic (exact) mass is 1070 g/mol. The van der Waals surface area contributed by atoms with Crippen LogP contribution in [0.2, 0.25) is 0 Å². The number of anilines is 1. The van der Waals surface area contributed by atoms with Gasteiger partial charge in [-0.3, -0.25) is 24.2 Å².